The van der Waals surface area contributed by atoms with Crippen LogP contribution in [0.2, 0.25) is 0 Å². The summed E-state index contributed by atoms with van der Waals surface area (Å²) < 4.78 is 7.62. The first-order valence-corrected chi connectivity index (χ1v) is 8.86. The highest BCUT2D eigenvalue weighted by Crippen LogP contribution is 2.38. The van der Waals surface area contributed by atoms with Crippen LogP contribution in [0.25, 0.3) is 5.52 Å². The van der Waals surface area contributed by atoms with Gasteiger partial charge in [-0.25, -0.2) is 4.52 Å². The van der Waals surface area contributed by atoms with Gasteiger partial charge in [-0.05, 0) is 37.0 Å². The summed E-state index contributed by atoms with van der Waals surface area (Å²) in [6.07, 6.45) is 6.28. The fourth-order valence-electron chi connectivity index (χ4n) is 4.18. The zero-order valence-corrected chi connectivity index (χ0v) is 13.7. The van der Waals surface area contributed by atoms with E-state index in [0.29, 0.717) is 12.1 Å². The average molecular weight is 326 g/mol. The lowest BCUT2D eigenvalue weighted by Gasteiger charge is -2.48. The number of ether oxygens (including phenoxy) is 1. The summed E-state index contributed by atoms with van der Waals surface area (Å²) in [6, 6.07) is 6.62. The number of pyridine rings is 1. The van der Waals surface area contributed by atoms with Crippen molar-refractivity contribution in [2.75, 3.05) is 32.8 Å². The molecular weight excluding hydrogens is 304 g/mol. The van der Waals surface area contributed by atoms with Crippen LogP contribution in [0.1, 0.15) is 23.2 Å². The van der Waals surface area contributed by atoms with Gasteiger partial charge in [0.2, 0.25) is 0 Å². The normalized spacial score (nSPS) is 28.1. The Labute approximate surface area is 141 Å². The summed E-state index contributed by atoms with van der Waals surface area (Å²) in [7, 11) is 0. The van der Waals surface area contributed by atoms with E-state index in [2.05, 4.69) is 10.00 Å². The number of morpholine rings is 1. The second kappa shape index (κ2) is 5.57. The van der Waals surface area contributed by atoms with Crippen molar-refractivity contribution in [2.45, 2.75) is 24.9 Å². The SMILES string of the molecule is O=C(c1ccn2nccc2c1)N1CCN2[C@@H](COC[C@@H]2C2CC2)C1. The summed E-state index contributed by atoms with van der Waals surface area (Å²) in [5, 5.41) is 4.18. The third kappa shape index (κ3) is 2.41. The van der Waals surface area contributed by atoms with Gasteiger partial charge in [0.05, 0.1) is 24.8 Å². The molecule has 3 fully saturated rings. The molecule has 2 aromatic heterocycles. The van der Waals surface area contributed by atoms with E-state index in [9.17, 15) is 4.79 Å². The van der Waals surface area contributed by atoms with Gasteiger partial charge in [-0.2, -0.15) is 5.10 Å². The van der Waals surface area contributed by atoms with E-state index in [1.807, 2.05) is 29.3 Å². The van der Waals surface area contributed by atoms with Crippen molar-refractivity contribution in [2.24, 2.45) is 5.92 Å². The minimum Gasteiger partial charge on any atom is -0.378 e. The van der Waals surface area contributed by atoms with Crippen molar-refractivity contribution in [1.29, 1.82) is 0 Å². The summed E-state index contributed by atoms with van der Waals surface area (Å²) in [4.78, 5) is 17.5. The molecule has 0 N–H and O–H groups in total. The van der Waals surface area contributed by atoms with E-state index in [1.54, 1.807) is 10.7 Å². The molecular formula is C18H22N4O2. The first-order valence-electron chi connectivity index (χ1n) is 8.86. The number of carbonyl (C=O) groups is 1. The third-order valence-corrected chi connectivity index (χ3v) is 5.65. The van der Waals surface area contributed by atoms with Gasteiger partial charge < -0.3 is 9.64 Å². The molecule has 1 aliphatic carbocycles. The minimum atomic E-state index is 0.117. The van der Waals surface area contributed by atoms with E-state index in [1.165, 1.54) is 12.8 Å². The number of fused-ring (bicyclic) bond motifs is 2. The molecule has 4 heterocycles. The first-order chi connectivity index (χ1) is 11.8. The Bertz CT molecular complexity index is 769. The summed E-state index contributed by atoms with van der Waals surface area (Å²) in [5.41, 5.74) is 1.70. The van der Waals surface area contributed by atoms with Crippen LogP contribution < -0.4 is 0 Å². The Hall–Kier alpha value is -1.92. The number of rotatable bonds is 2. The second-order valence-electron chi connectivity index (χ2n) is 7.20. The number of piperazine rings is 1. The molecule has 6 heteroatoms. The largest absolute Gasteiger partial charge is 0.378 e. The molecule has 2 atom stereocenters. The molecule has 0 unspecified atom stereocenters. The Morgan fingerprint density at radius 2 is 2.12 bits per heavy atom. The Balaban J connectivity index is 1.33. The molecule has 6 nitrogen and oxygen atoms in total. The van der Waals surface area contributed by atoms with Gasteiger partial charge >= 0.3 is 0 Å². The molecule has 1 amide bonds. The fourth-order valence-corrected chi connectivity index (χ4v) is 4.18. The number of aromatic nitrogens is 2. The molecule has 2 aliphatic heterocycles. The van der Waals surface area contributed by atoms with Crippen molar-refractivity contribution < 1.29 is 9.53 Å². The Morgan fingerprint density at radius 1 is 1.21 bits per heavy atom. The van der Waals surface area contributed by atoms with Crippen molar-refractivity contribution >= 4 is 11.4 Å². The van der Waals surface area contributed by atoms with Crippen LogP contribution in [0.5, 0.6) is 0 Å². The van der Waals surface area contributed by atoms with Crippen LogP contribution in [0.3, 0.4) is 0 Å². The van der Waals surface area contributed by atoms with Crippen molar-refractivity contribution in [3.05, 3.63) is 36.2 Å². The molecule has 0 aromatic carbocycles. The van der Waals surface area contributed by atoms with Crippen LogP contribution in [0.4, 0.5) is 0 Å². The summed E-state index contributed by atoms with van der Waals surface area (Å²) >= 11 is 0. The zero-order valence-electron chi connectivity index (χ0n) is 13.7. The first kappa shape index (κ1) is 14.4. The predicted molar refractivity (Wildman–Crippen MR) is 88.9 cm³/mol. The number of hydrogen-bond acceptors (Lipinski definition) is 4. The molecule has 24 heavy (non-hydrogen) atoms. The maximum atomic E-state index is 12.9. The highest BCUT2D eigenvalue weighted by atomic mass is 16.5. The van der Waals surface area contributed by atoms with Crippen molar-refractivity contribution in [1.82, 2.24) is 19.4 Å². The number of carbonyl (C=O) groups excluding carboxylic acids is 1. The molecule has 2 aromatic rings. The van der Waals surface area contributed by atoms with E-state index in [0.717, 1.165) is 49.8 Å². The molecule has 3 aliphatic rings. The maximum absolute atomic E-state index is 12.9. The van der Waals surface area contributed by atoms with Gasteiger partial charge in [-0.3, -0.25) is 9.69 Å². The van der Waals surface area contributed by atoms with Crippen LogP contribution >= 0.6 is 0 Å². The van der Waals surface area contributed by atoms with Crippen LogP contribution in [-0.2, 0) is 4.74 Å². The van der Waals surface area contributed by atoms with E-state index >= 15 is 0 Å². The lowest BCUT2D eigenvalue weighted by Crippen LogP contribution is -2.63. The van der Waals surface area contributed by atoms with Gasteiger partial charge in [0.1, 0.15) is 0 Å². The van der Waals surface area contributed by atoms with Crippen LogP contribution in [0, 0.1) is 5.92 Å². The van der Waals surface area contributed by atoms with Gasteiger partial charge in [0.15, 0.2) is 0 Å². The van der Waals surface area contributed by atoms with Gasteiger partial charge in [-0.15, -0.1) is 0 Å². The monoisotopic (exact) mass is 326 g/mol. The average Bonchev–Trinajstić information content (AvgIpc) is 3.36. The van der Waals surface area contributed by atoms with Crippen LogP contribution in [-0.4, -0.2) is 70.3 Å². The maximum Gasteiger partial charge on any atom is 0.254 e. The summed E-state index contributed by atoms with van der Waals surface area (Å²) in [6.45, 7) is 4.16. The van der Waals surface area contributed by atoms with Crippen molar-refractivity contribution in [3.63, 3.8) is 0 Å². The topological polar surface area (TPSA) is 50.1 Å². The number of hydrogen-bond donors (Lipinski definition) is 0. The molecule has 0 bridgehead atoms. The Kier molecular flexibility index (Phi) is 3.35. The van der Waals surface area contributed by atoms with E-state index < -0.39 is 0 Å². The highest BCUT2D eigenvalue weighted by Gasteiger charge is 2.43. The number of nitrogens with zero attached hydrogens (tertiary/aromatic N) is 4. The minimum absolute atomic E-state index is 0.117. The molecule has 2 saturated heterocycles. The van der Waals surface area contributed by atoms with Gasteiger partial charge in [0.25, 0.3) is 5.91 Å². The molecule has 5 rings (SSSR count). The lowest BCUT2D eigenvalue weighted by molar-refractivity contribution is -0.0816. The highest BCUT2D eigenvalue weighted by molar-refractivity contribution is 5.95. The molecule has 1 saturated carbocycles. The fraction of sp³-hybridized carbons (Fsp3) is 0.556. The molecule has 126 valence electrons. The number of amides is 1. The van der Waals surface area contributed by atoms with Crippen molar-refractivity contribution in [3.8, 4) is 0 Å². The van der Waals surface area contributed by atoms with E-state index in [-0.39, 0.29) is 5.91 Å². The van der Waals surface area contributed by atoms with Gasteiger partial charge in [-0.1, -0.05) is 0 Å². The molecule has 0 spiro atoms. The quantitative estimate of drug-likeness (QED) is 0.834. The van der Waals surface area contributed by atoms with E-state index in [4.69, 9.17) is 4.74 Å². The second-order valence-corrected chi connectivity index (χ2v) is 7.20. The standard InChI is InChI=1S/C18H22N4O2/c23-18(14-4-6-22-15(9-14)3-5-19-22)20-7-8-21-16(10-20)11-24-12-17(21)13-1-2-13/h3-6,9,13,16-17H,1-2,7-8,10-12H2/t16-,17-/m1/s1. The predicted octanol–water partition coefficient (Wildman–Crippen LogP) is 1.27. The lowest BCUT2D eigenvalue weighted by atomic mass is 10.0. The smallest absolute Gasteiger partial charge is 0.254 e. The Morgan fingerprint density at radius 3 is 3.00 bits per heavy atom. The zero-order chi connectivity index (χ0) is 16.1. The van der Waals surface area contributed by atoms with Gasteiger partial charge in [0, 0.05) is 43.6 Å². The third-order valence-electron chi connectivity index (χ3n) is 5.65. The summed E-state index contributed by atoms with van der Waals surface area (Å²) in [5.74, 6) is 0.936. The van der Waals surface area contributed by atoms with Crippen LogP contribution in [0.15, 0.2) is 30.6 Å². The molecule has 0 radical (unpaired) electrons.